The molecule has 70 valence electrons. The fourth-order valence-electron chi connectivity index (χ4n) is 1.21. The lowest BCUT2D eigenvalue weighted by molar-refractivity contribution is 0.561. The van der Waals surface area contributed by atoms with Gasteiger partial charge in [0.25, 0.3) is 6.54 Å². The zero-order valence-electron chi connectivity index (χ0n) is 8.50. The van der Waals surface area contributed by atoms with E-state index in [4.69, 9.17) is 6.57 Å². The van der Waals surface area contributed by atoms with E-state index < -0.39 is 0 Å². The molecule has 0 atom stereocenters. The zero-order valence-corrected chi connectivity index (χ0v) is 8.50. The molecule has 1 aromatic heterocycles. The lowest BCUT2D eigenvalue weighted by atomic mass is 9.91. The van der Waals surface area contributed by atoms with E-state index in [0.717, 1.165) is 11.4 Å². The molecule has 0 aromatic carbocycles. The molecule has 0 aliphatic heterocycles. The van der Waals surface area contributed by atoms with E-state index in [2.05, 4.69) is 35.9 Å². The van der Waals surface area contributed by atoms with Crippen molar-refractivity contribution < 1.29 is 0 Å². The quantitative estimate of drug-likeness (QED) is 0.611. The Hall–Kier alpha value is -1.37. The molecule has 4 heteroatoms. The third-order valence-corrected chi connectivity index (χ3v) is 1.88. The number of aromatic nitrogens is 3. The van der Waals surface area contributed by atoms with Crippen LogP contribution in [0.5, 0.6) is 0 Å². The first-order chi connectivity index (χ1) is 5.96. The third-order valence-electron chi connectivity index (χ3n) is 1.88. The van der Waals surface area contributed by atoms with E-state index in [1.54, 1.807) is 4.68 Å². The molecule has 0 unspecified atom stereocenters. The van der Waals surface area contributed by atoms with E-state index in [1.165, 1.54) is 0 Å². The maximum atomic E-state index is 6.83. The Morgan fingerprint density at radius 3 is 2.54 bits per heavy atom. The number of nitrogens with zero attached hydrogens (tertiary/aromatic N) is 4. The normalized spacial score (nSPS) is 11.3. The average molecular weight is 178 g/mol. The molecule has 0 saturated carbocycles. The minimum absolute atomic E-state index is 0.0334. The summed E-state index contributed by atoms with van der Waals surface area (Å²) in [5, 5.41) is 8.00. The Balaban J connectivity index is 3.17. The SMILES string of the molecule is [C-]#[N+]Cc1c(C(C)(C)C)nnn1C. The topological polar surface area (TPSA) is 35.1 Å². The second-order valence-corrected chi connectivity index (χ2v) is 4.07. The lowest BCUT2D eigenvalue weighted by Crippen LogP contribution is -2.15. The van der Waals surface area contributed by atoms with Gasteiger partial charge in [-0.3, -0.25) is 0 Å². The molecule has 1 heterocycles. The summed E-state index contributed by atoms with van der Waals surface area (Å²) in [4.78, 5) is 3.36. The van der Waals surface area contributed by atoms with Crippen molar-refractivity contribution in [3.8, 4) is 0 Å². The molecule has 13 heavy (non-hydrogen) atoms. The summed E-state index contributed by atoms with van der Waals surface area (Å²) in [5.41, 5.74) is 1.81. The highest BCUT2D eigenvalue weighted by atomic mass is 15.4. The number of aryl methyl sites for hydroxylation is 1. The fraction of sp³-hybridized carbons (Fsp3) is 0.667. The van der Waals surface area contributed by atoms with Crippen LogP contribution in [0.25, 0.3) is 4.85 Å². The van der Waals surface area contributed by atoms with Gasteiger partial charge in [0.05, 0.1) is 5.69 Å². The number of hydrogen-bond acceptors (Lipinski definition) is 2. The molecular formula is C9H14N4. The van der Waals surface area contributed by atoms with Gasteiger partial charge < -0.3 is 4.85 Å². The minimum atomic E-state index is -0.0334. The van der Waals surface area contributed by atoms with Crippen LogP contribution in [0.3, 0.4) is 0 Å². The van der Waals surface area contributed by atoms with Gasteiger partial charge in [0.1, 0.15) is 5.69 Å². The predicted molar refractivity (Wildman–Crippen MR) is 50.0 cm³/mol. The standard InChI is InChI=1S/C9H14N4/c1-9(2,3)8-7(6-10-4)13(5)12-11-8/h6H2,1-3,5H3. The number of hydrogen-bond donors (Lipinski definition) is 0. The Labute approximate surface area is 78.4 Å². The van der Waals surface area contributed by atoms with Crippen molar-refractivity contribution in [2.75, 3.05) is 0 Å². The van der Waals surface area contributed by atoms with Crippen LogP contribution in [0.4, 0.5) is 0 Å². The summed E-state index contributed by atoms with van der Waals surface area (Å²) < 4.78 is 1.68. The van der Waals surface area contributed by atoms with Crippen molar-refractivity contribution in [2.45, 2.75) is 32.7 Å². The van der Waals surface area contributed by atoms with E-state index in [9.17, 15) is 0 Å². The van der Waals surface area contributed by atoms with Crippen molar-refractivity contribution in [2.24, 2.45) is 7.05 Å². The highest BCUT2D eigenvalue weighted by Crippen LogP contribution is 2.23. The van der Waals surface area contributed by atoms with Gasteiger partial charge >= 0.3 is 0 Å². The molecule has 0 amide bonds. The maximum Gasteiger partial charge on any atom is 0.257 e. The van der Waals surface area contributed by atoms with Gasteiger partial charge in [-0.05, 0) is 0 Å². The summed E-state index contributed by atoms with van der Waals surface area (Å²) in [6.45, 7) is 13.4. The molecule has 0 bridgehead atoms. The average Bonchev–Trinajstić information content (AvgIpc) is 2.32. The largest absolute Gasteiger partial charge is 0.310 e. The second kappa shape index (κ2) is 3.17. The maximum absolute atomic E-state index is 6.83. The summed E-state index contributed by atoms with van der Waals surface area (Å²) in [5.74, 6) is 0. The highest BCUT2D eigenvalue weighted by molar-refractivity contribution is 5.19. The van der Waals surface area contributed by atoms with E-state index in [-0.39, 0.29) is 5.41 Å². The smallest absolute Gasteiger partial charge is 0.257 e. The van der Waals surface area contributed by atoms with Crippen LogP contribution in [0.1, 0.15) is 32.2 Å². The van der Waals surface area contributed by atoms with E-state index >= 15 is 0 Å². The van der Waals surface area contributed by atoms with Crippen LogP contribution >= 0.6 is 0 Å². The van der Waals surface area contributed by atoms with Gasteiger partial charge in [0.15, 0.2) is 0 Å². The molecule has 0 fully saturated rings. The first kappa shape index (κ1) is 9.72. The lowest BCUT2D eigenvalue weighted by Gasteiger charge is -2.14. The molecule has 0 N–H and O–H groups in total. The molecule has 0 aliphatic carbocycles. The van der Waals surface area contributed by atoms with Crippen LogP contribution in [-0.2, 0) is 19.0 Å². The van der Waals surface area contributed by atoms with Gasteiger partial charge in [-0.1, -0.05) is 26.0 Å². The van der Waals surface area contributed by atoms with Crippen molar-refractivity contribution in [3.05, 3.63) is 22.8 Å². The van der Waals surface area contributed by atoms with Crippen molar-refractivity contribution in [3.63, 3.8) is 0 Å². The van der Waals surface area contributed by atoms with Crippen LogP contribution in [-0.4, -0.2) is 15.0 Å². The molecule has 4 nitrogen and oxygen atoms in total. The van der Waals surface area contributed by atoms with Gasteiger partial charge in [-0.2, -0.15) is 0 Å². The van der Waals surface area contributed by atoms with Crippen molar-refractivity contribution >= 4 is 0 Å². The third kappa shape index (κ3) is 1.86. The Morgan fingerprint density at radius 1 is 1.46 bits per heavy atom. The van der Waals surface area contributed by atoms with Crippen LogP contribution in [0, 0.1) is 6.57 Å². The first-order valence-electron chi connectivity index (χ1n) is 4.19. The summed E-state index contributed by atoms with van der Waals surface area (Å²) in [6, 6.07) is 0. The van der Waals surface area contributed by atoms with E-state index in [1.807, 2.05) is 7.05 Å². The zero-order chi connectivity index (χ0) is 10.1. The van der Waals surface area contributed by atoms with Crippen molar-refractivity contribution in [1.82, 2.24) is 15.0 Å². The Bertz CT molecular complexity index is 337. The fourth-order valence-corrected chi connectivity index (χ4v) is 1.21. The molecule has 1 rings (SSSR count). The van der Waals surface area contributed by atoms with Gasteiger partial charge in [-0.15, -0.1) is 5.10 Å². The van der Waals surface area contributed by atoms with Gasteiger partial charge in [0, 0.05) is 12.5 Å². The van der Waals surface area contributed by atoms with Crippen LogP contribution < -0.4 is 0 Å². The molecule has 0 aliphatic rings. The monoisotopic (exact) mass is 178 g/mol. The highest BCUT2D eigenvalue weighted by Gasteiger charge is 2.24. The van der Waals surface area contributed by atoms with Crippen molar-refractivity contribution in [1.29, 1.82) is 0 Å². The Morgan fingerprint density at radius 2 is 2.08 bits per heavy atom. The van der Waals surface area contributed by atoms with E-state index in [0.29, 0.717) is 6.54 Å². The molecule has 0 radical (unpaired) electrons. The molecule has 0 spiro atoms. The van der Waals surface area contributed by atoms with Gasteiger partial charge in [-0.25, -0.2) is 11.3 Å². The molecule has 1 aromatic rings. The van der Waals surface area contributed by atoms with Crippen LogP contribution in [0.2, 0.25) is 0 Å². The number of rotatable bonds is 1. The Kier molecular flexibility index (Phi) is 2.37. The summed E-state index contributed by atoms with van der Waals surface area (Å²) >= 11 is 0. The minimum Gasteiger partial charge on any atom is -0.310 e. The van der Waals surface area contributed by atoms with Crippen LogP contribution in [0.15, 0.2) is 0 Å². The van der Waals surface area contributed by atoms with Gasteiger partial charge in [0.2, 0.25) is 0 Å². The molecular weight excluding hydrogens is 164 g/mol. The predicted octanol–water partition coefficient (Wildman–Crippen LogP) is 1.53. The first-order valence-corrected chi connectivity index (χ1v) is 4.19. The summed E-state index contributed by atoms with van der Waals surface area (Å²) in [7, 11) is 1.82. The summed E-state index contributed by atoms with van der Waals surface area (Å²) in [6.07, 6.45) is 0. The molecule has 0 saturated heterocycles. The second-order valence-electron chi connectivity index (χ2n) is 4.07.